The molecule has 0 fully saturated rings. The molecule has 0 amide bonds. The van der Waals surface area contributed by atoms with Crippen LogP contribution in [0.5, 0.6) is 0 Å². The molecule has 0 aliphatic heterocycles. The first kappa shape index (κ1) is 14.7. The number of benzene rings is 1. The van der Waals surface area contributed by atoms with E-state index in [1.165, 1.54) is 20.3 Å². The van der Waals surface area contributed by atoms with Crippen molar-refractivity contribution in [3.05, 3.63) is 46.3 Å². The van der Waals surface area contributed by atoms with Gasteiger partial charge >= 0.3 is 5.63 Å². The van der Waals surface area contributed by atoms with Gasteiger partial charge in [-0.3, -0.25) is 0 Å². The van der Waals surface area contributed by atoms with Crippen LogP contribution < -0.4 is 5.63 Å². The molecule has 0 spiro atoms. The van der Waals surface area contributed by atoms with Crippen LogP contribution >= 0.6 is 0 Å². The van der Waals surface area contributed by atoms with Crippen LogP contribution in [-0.4, -0.2) is 27.4 Å². The zero-order chi connectivity index (χ0) is 14.8. The van der Waals surface area contributed by atoms with Crippen molar-refractivity contribution in [3.8, 4) is 0 Å². The summed E-state index contributed by atoms with van der Waals surface area (Å²) < 4.78 is 21.8. The number of para-hydroxylation sites is 1. The highest BCUT2D eigenvalue weighted by molar-refractivity contribution is 5.80. The molecule has 1 aromatic heterocycles. The highest BCUT2D eigenvalue weighted by Gasteiger charge is 2.41. The van der Waals surface area contributed by atoms with E-state index < -0.39 is 17.5 Å². The number of rotatable bonds is 5. The van der Waals surface area contributed by atoms with Gasteiger partial charge in [0.1, 0.15) is 11.7 Å². The van der Waals surface area contributed by atoms with Gasteiger partial charge in [0.2, 0.25) is 5.79 Å². The lowest BCUT2D eigenvalue weighted by Crippen LogP contribution is -2.42. The van der Waals surface area contributed by atoms with Crippen molar-refractivity contribution in [2.75, 3.05) is 21.3 Å². The van der Waals surface area contributed by atoms with Crippen molar-refractivity contribution >= 4 is 11.0 Å². The quantitative estimate of drug-likeness (QED) is 0.620. The molecule has 5 heteroatoms. The molecule has 2 rings (SSSR count). The van der Waals surface area contributed by atoms with Gasteiger partial charge in [0, 0.05) is 32.8 Å². The maximum absolute atomic E-state index is 11.5. The van der Waals surface area contributed by atoms with Gasteiger partial charge in [0.05, 0.1) is 5.56 Å². The Morgan fingerprint density at radius 1 is 1.10 bits per heavy atom. The van der Waals surface area contributed by atoms with Gasteiger partial charge in [-0.25, -0.2) is 4.79 Å². The molecule has 0 aliphatic rings. The predicted molar refractivity (Wildman–Crippen MR) is 74.7 cm³/mol. The summed E-state index contributed by atoms with van der Waals surface area (Å²) in [5, 5.41) is 0.795. The van der Waals surface area contributed by atoms with E-state index in [0.29, 0.717) is 11.1 Å². The summed E-state index contributed by atoms with van der Waals surface area (Å²) in [6.07, 6.45) is -0.395. The van der Waals surface area contributed by atoms with Gasteiger partial charge in [-0.2, -0.15) is 0 Å². The lowest BCUT2D eigenvalue weighted by Gasteiger charge is -2.35. The van der Waals surface area contributed by atoms with Crippen LogP contribution in [-0.2, 0) is 20.0 Å². The third kappa shape index (κ3) is 2.24. The van der Waals surface area contributed by atoms with E-state index in [0.717, 1.165) is 5.39 Å². The Balaban J connectivity index is 2.77. The maximum Gasteiger partial charge on any atom is 0.336 e. The van der Waals surface area contributed by atoms with E-state index in [-0.39, 0.29) is 0 Å². The summed E-state index contributed by atoms with van der Waals surface area (Å²) in [4.78, 5) is 11.5. The number of hydrogen-bond acceptors (Lipinski definition) is 5. The van der Waals surface area contributed by atoms with E-state index in [1.807, 2.05) is 19.1 Å². The highest BCUT2D eigenvalue weighted by Crippen LogP contribution is 2.35. The fourth-order valence-electron chi connectivity index (χ4n) is 2.38. The lowest BCUT2D eigenvalue weighted by molar-refractivity contribution is -0.269. The molecule has 0 saturated carbocycles. The normalized spacial score (nSPS) is 13.6. The van der Waals surface area contributed by atoms with Crippen molar-refractivity contribution in [1.29, 1.82) is 0 Å². The molecule has 0 N–H and O–H groups in total. The summed E-state index contributed by atoms with van der Waals surface area (Å²) in [7, 11) is 4.62. The van der Waals surface area contributed by atoms with E-state index in [1.54, 1.807) is 19.2 Å². The molecule has 108 valence electrons. The van der Waals surface area contributed by atoms with Crippen LogP contribution in [0.3, 0.4) is 0 Å². The van der Waals surface area contributed by atoms with Gasteiger partial charge < -0.3 is 18.6 Å². The molecular weight excluding hydrogens is 260 g/mol. The SMILES string of the molecule is COC(C)C(OC)(OC)c1cccc2ccc(=O)oc12. The average Bonchev–Trinajstić information content (AvgIpc) is 2.49. The first-order valence-electron chi connectivity index (χ1n) is 6.25. The maximum atomic E-state index is 11.5. The molecule has 1 atom stereocenters. The third-order valence-corrected chi connectivity index (χ3v) is 3.52. The summed E-state index contributed by atoms with van der Waals surface area (Å²) in [6, 6.07) is 8.60. The number of hydrogen-bond donors (Lipinski definition) is 0. The van der Waals surface area contributed by atoms with Crippen LogP contribution in [0, 0.1) is 0 Å². The topological polar surface area (TPSA) is 57.9 Å². The molecule has 0 radical (unpaired) electrons. The summed E-state index contributed by atoms with van der Waals surface area (Å²) >= 11 is 0. The van der Waals surface area contributed by atoms with Gasteiger partial charge in [-0.15, -0.1) is 0 Å². The molecule has 20 heavy (non-hydrogen) atoms. The molecule has 0 saturated heterocycles. The number of ether oxygens (including phenoxy) is 3. The summed E-state index contributed by atoms with van der Waals surface area (Å²) in [5.41, 5.74) is 0.635. The van der Waals surface area contributed by atoms with Crippen LogP contribution in [0.15, 0.2) is 39.5 Å². The Hall–Kier alpha value is -1.69. The van der Waals surface area contributed by atoms with Crippen molar-refractivity contribution in [1.82, 2.24) is 0 Å². The molecular formula is C15H18O5. The predicted octanol–water partition coefficient (Wildman–Crippen LogP) is 2.27. The first-order valence-corrected chi connectivity index (χ1v) is 6.25. The third-order valence-electron chi connectivity index (χ3n) is 3.52. The smallest absolute Gasteiger partial charge is 0.336 e. The summed E-state index contributed by atoms with van der Waals surface area (Å²) in [5.74, 6) is -1.15. The van der Waals surface area contributed by atoms with Crippen LogP contribution in [0.1, 0.15) is 12.5 Å². The molecule has 1 aromatic carbocycles. The zero-order valence-electron chi connectivity index (χ0n) is 12.0. The van der Waals surface area contributed by atoms with Gasteiger partial charge in [-0.05, 0) is 19.1 Å². The Bertz CT molecular complexity index is 642. The van der Waals surface area contributed by atoms with Crippen LogP contribution in [0.4, 0.5) is 0 Å². The van der Waals surface area contributed by atoms with E-state index >= 15 is 0 Å². The standard InChI is InChI=1S/C15H18O5/c1-10(17-2)15(18-3,19-4)12-7-5-6-11-8-9-13(16)20-14(11)12/h5-10H,1-4H3. The average molecular weight is 278 g/mol. The minimum absolute atomic E-state index is 0.395. The largest absolute Gasteiger partial charge is 0.422 e. The van der Waals surface area contributed by atoms with Crippen molar-refractivity contribution in [2.24, 2.45) is 0 Å². The van der Waals surface area contributed by atoms with E-state index in [2.05, 4.69) is 0 Å². The Labute approximate surface area is 117 Å². The van der Waals surface area contributed by atoms with Crippen LogP contribution in [0.2, 0.25) is 0 Å². The minimum atomic E-state index is -1.15. The fourth-order valence-corrected chi connectivity index (χ4v) is 2.38. The Morgan fingerprint density at radius 3 is 2.40 bits per heavy atom. The second-order valence-electron chi connectivity index (χ2n) is 4.43. The van der Waals surface area contributed by atoms with E-state index in [9.17, 15) is 4.79 Å². The number of fused-ring (bicyclic) bond motifs is 1. The second kappa shape index (κ2) is 5.75. The first-order chi connectivity index (χ1) is 9.58. The Morgan fingerprint density at radius 2 is 1.80 bits per heavy atom. The van der Waals surface area contributed by atoms with Gasteiger partial charge in [-0.1, -0.05) is 12.1 Å². The lowest BCUT2D eigenvalue weighted by atomic mass is 9.98. The number of methoxy groups -OCH3 is 3. The van der Waals surface area contributed by atoms with Gasteiger partial charge in [0.15, 0.2) is 0 Å². The molecule has 5 nitrogen and oxygen atoms in total. The molecule has 0 aliphatic carbocycles. The highest BCUT2D eigenvalue weighted by atomic mass is 16.7. The van der Waals surface area contributed by atoms with Crippen molar-refractivity contribution in [3.63, 3.8) is 0 Å². The van der Waals surface area contributed by atoms with Gasteiger partial charge in [0.25, 0.3) is 0 Å². The molecule has 1 unspecified atom stereocenters. The molecule has 2 aromatic rings. The fraction of sp³-hybridized carbons (Fsp3) is 0.400. The second-order valence-corrected chi connectivity index (χ2v) is 4.43. The van der Waals surface area contributed by atoms with Crippen molar-refractivity contribution in [2.45, 2.75) is 18.8 Å². The Kier molecular flexibility index (Phi) is 4.23. The zero-order valence-corrected chi connectivity index (χ0v) is 12.0. The van der Waals surface area contributed by atoms with E-state index in [4.69, 9.17) is 18.6 Å². The molecule has 1 heterocycles. The monoisotopic (exact) mass is 278 g/mol. The molecule has 0 bridgehead atoms. The minimum Gasteiger partial charge on any atom is -0.422 e. The summed E-state index contributed by atoms with van der Waals surface area (Å²) in [6.45, 7) is 1.83. The van der Waals surface area contributed by atoms with Crippen LogP contribution in [0.25, 0.3) is 11.0 Å². The van der Waals surface area contributed by atoms with Crippen molar-refractivity contribution < 1.29 is 18.6 Å².